The number of hydrogen-bond donors (Lipinski definition) is 2. The van der Waals surface area contributed by atoms with Crippen LogP contribution >= 0.6 is 0 Å². The number of hydrogen-bond acceptors (Lipinski definition) is 2. The second-order valence-electron chi connectivity index (χ2n) is 4.50. The minimum Gasteiger partial charge on any atom is -0.391 e. The predicted molar refractivity (Wildman–Crippen MR) is 63.2 cm³/mol. The zero-order valence-corrected chi connectivity index (χ0v) is 9.46. The summed E-state index contributed by atoms with van der Waals surface area (Å²) in [7, 11) is 0. The molecule has 2 N–H and O–H groups in total. The first kappa shape index (κ1) is 10.5. The van der Waals surface area contributed by atoms with Crippen LogP contribution in [0.3, 0.4) is 0 Å². The van der Waals surface area contributed by atoms with Gasteiger partial charge in [-0.25, -0.2) is 0 Å². The molecule has 15 heavy (non-hydrogen) atoms. The van der Waals surface area contributed by atoms with Crippen molar-refractivity contribution in [2.45, 2.75) is 45.3 Å². The highest BCUT2D eigenvalue weighted by molar-refractivity contribution is 5.54. The van der Waals surface area contributed by atoms with E-state index in [9.17, 15) is 5.11 Å². The van der Waals surface area contributed by atoms with Crippen molar-refractivity contribution >= 4 is 5.69 Å². The van der Waals surface area contributed by atoms with Gasteiger partial charge in [-0.3, -0.25) is 0 Å². The Morgan fingerprint density at radius 3 is 2.73 bits per heavy atom. The van der Waals surface area contributed by atoms with Crippen LogP contribution in [0.4, 0.5) is 5.69 Å². The summed E-state index contributed by atoms with van der Waals surface area (Å²) in [5.74, 6) is 0. The van der Waals surface area contributed by atoms with Crippen molar-refractivity contribution in [2.75, 3.05) is 5.32 Å². The molecular weight excluding hydrogens is 186 g/mol. The second-order valence-corrected chi connectivity index (χ2v) is 4.50. The molecule has 1 aromatic carbocycles. The third kappa shape index (κ3) is 2.15. The standard InChI is InChI=1S/C13H19NO/c1-9-5-3-6-11(10(9)2)14-12-7-4-8-13(12)15/h3,5-6,12-15H,4,7-8H2,1-2H3. The Labute approximate surface area is 91.3 Å². The highest BCUT2D eigenvalue weighted by Gasteiger charge is 2.25. The zero-order chi connectivity index (χ0) is 10.8. The Balaban J connectivity index is 2.13. The molecule has 2 heteroatoms. The maximum absolute atomic E-state index is 9.75. The van der Waals surface area contributed by atoms with Gasteiger partial charge in [0.25, 0.3) is 0 Å². The smallest absolute Gasteiger partial charge is 0.0741 e. The largest absolute Gasteiger partial charge is 0.391 e. The van der Waals surface area contributed by atoms with Gasteiger partial charge in [0, 0.05) is 5.69 Å². The van der Waals surface area contributed by atoms with Crippen molar-refractivity contribution < 1.29 is 5.11 Å². The Hall–Kier alpha value is -1.02. The first-order valence-electron chi connectivity index (χ1n) is 5.69. The molecule has 2 nitrogen and oxygen atoms in total. The highest BCUT2D eigenvalue weighted by Crippen LogP contribution is 2.25. The van der Waals surface area contributed by atoms with E-state index in [1.807, 2.05) is 0 Å². The summed E-state index contributed by atoms with van der Waals surface area (Å²) >= 11 is 0. The van der Waals surface area contributed by atoms with E-state index in [1.165, 1.54) is 16.8 Å². The van der Waals surface area contributed by atoms with Crippen molar-refractivity contribution in [1.29, 1.82) is 0 Å². The monoisotopic (exact) mass is 205 g/mol. The lowest BCUT2D eigenvalue weighted by atomic mass is 10.1. The van der Waals surface area contributed by atoms with Gasteiger partial charge in [0.1, 0.15) is 0 Å². The van der Waals surface area contributed by atoms with Crippen LogP contribution in [0.1, 0.15) is 30.4 Å². The summed E-state index contributed by atoms with van der Waals surface area (Å²) < 4.78 is 0. The van der Waals surface area contributed by atoms with Gasteiger partial charge in [0.2, 0.25) is 0 Å². The van der Waals surface area contributed by atoms with Gasteiger partial charge in [-0.05, 0) is 50.3 Å². The van der Waals surface area contributed by atoms with Crippen molar-refractivity contribution in [3.05, 3.63) is 29.3 Å². The lowest BCUT2D eigenvalue weighted by Gasteiger charge is -2.20. The Bertz CT molecular complexity index is 348. The van der Waals surface area contributed by atoms with Crippen molar-refractivity contribution in [3.63, 3.8) is 0 Å². The second kappa shape index (κ2) is 4.23. The number of aryl methyl sites for hydroxylation is 1. The molecule has 1 aromatic rings. The fourth-order valence-corrected chi connectivity index (χ4v) is 2.22. The lowest BCUT2D eigenvalue weighted by Crippen LogP contribution is -2.28. The number of rotatable bonds is 2. The molecule has 1 aliphatic rings. The average molecular weight is 205 g/mol. The number of anilines is 1. The lowest BCUT2D eigenvalue weighted by molar-refractivity contribution is 0.172. The Morgan fingerprint density at radius 2 is 2.07 bits per heavy atom. The molecule has 0 saturated heterocycles. The molecule has 0 spiro atoms. The third-order valence-corrected chi connectivity index (χ3v) is 3.43. The van der Waals surface area contributed by atoms with Gasteiger partial charge < -0.3 is 10.4 Å². The molecule has 0 aromatic heterocycles. The van der Waals surface area contributed by atoms with Crippen LogP contribution < -0.4 is 5.32 Å². The predicted octanol–water partition coefficient (Wildman–Crippen LogP) is 2.63. The fourth-order valence-electron chi connectivity index (χ4n) is 2.22. The van der Waals surface area contributed by atoms with Gasteiger partial charge in [0.15, 0.2) is 0 Å². The molecule has 2 rings (SSSR count). The summed E-state index contributed by atoms with van der Waals surface area (Å²) in [6, 6.07) is 6.51. The number of aliphatic hydroxyl groups excluding tert-OH is 1. The summed E-state index contributed by atoms with van der Waals surface area (Å²) in [5, 5.41) is 13.2. The maximum Gasteiger partial charge on any atom is 0.0741 e. The minimum absolute atomic E-state index is 0.176. The molecule has 1 aliphatic carbocycles. The van der Waals surface area contributed by atoms with Crippen LogP contribution in [0.2, 0.25) is 0 Å². The first-order valence-corrected chi connectivity index (χ1v) is 5.69. The van der Waals surface area contributed by atoms with Crippen LogP contribution in [-0.4, -0.2) is 17.3 Å². The summed E-state index contributed by atoms with van der Waals surface area (Å²) in [6.45, 7) is 4.24. The molecule has 1 saturated carbocycles. The fraction of sp³-hybridized carbons (Fsp3) is 0.538. The van der Waals surface area contributed by atoms with Crippen LogP contribution in [0, 0.1) is 13.8 Å². The van der Waals surface area contributed by atoms with Crippen molar-refractivity contribution in [3.8, 4) is 0 Å². The average Bonchev–Trinajstić information content (AvgIpc) is 2.60. The molecular formula is C13H19NO. The number of aliphatic hydroxyl groups is 1. The topological polar surface area (TPSA) is 32.3 Å². The van der Waals surface area contributed by atoms with E-state index < -0.39 is 0 Å². The SMILES string of the molecule is Cc1cccc(NC2CCCC2O)c1C. The number of benzene rings is 1. The van der Waals surface area contributed by atoms with E-state index in [0.29, 0.717) is 0 Å². The molecule has 0 bridgehead atoms. The molecule has 82 valence electrons. The minimum atomic E-state index is -0.176. The van der Waals surface area contributed by atoms with Gasteiger partial charge >= 0.3 is 0 Å². The third-order valence-electron chi connectivity index (χ3n) is 3.43. The summed E-state index contributed by atoms with van der Waals surface area (Å²) in [4.78, 5) is 0. The van der Waals surface area contributed by atoms with Crippen LogP contribution in [0.5, 0.6) is 0 Å². The van der Waals surface area contributed by atoms with E-state index >= 15 is 0 Å². The Morgan fingerprint density at radius 1 is 1.27 bits per heavy atom. The summed E-state index contributed by atoms with van der Waals surface area (Å²) in [5.41, 5.74) is 3.75. The van der Waals surface area contributed by atoms with E-state index in [4.69, 9.17) is 0 Å². The van der Waals surface area contributed by atoms with Gasteiger partial charge in [-0.1, -0.05) is 12.1 Å². The highest BCUT2D eigenvalue weighted by atomic mass is 16.3. The molecule has 0 aliphatic heterocycles. The van der Waals surface area contributed by atoms with Crippen LogP contribution in [-0.2, 0) is 0 Å². The Kier molecular flexibility index (Phi) is 2.96. The molecule has 0 radical (unpaired) electrons. The van der Waals surface area contributed by atoms with Gasteiger partial charge in [-0.15, -0.1) is 0 Å². The molecule has 0 heterocycles. The molecule has 1 fully saturated rings. The molecule has 2 unspecified atom stereocenters. The van der Waals surface area contributed by atoms with Crippen LogP contribution in [0.15, 0.2) is 18.2 Å². The molecule has 2 atom stereocenters. The quantitative estimate of drug-likeness (QED) is 0.778. The van der Waals surface area contributed by atoms with E-state index in [1.54, 1.807) is 0 Å². The van der Waals surface area contributed by atoms with E-state index in [0.717, 1.165) is 19.3 Å². The van der Waals surface area contributed by atoms with E-state index in [2.05, 4.69) is 37.4 Å². The zero-order valence-electron chi connectivity index (χ0n) is 9.46. The first-order chi connectivity index (χ1) is 7.18. The van der Waals surface area contributed by atoms with Crippen molar-refractivity contribution in [2.24, 2.45) is 0 Å². The maximum atomic E-state index is 9.75. The van der Waals surface area contributed by atoms with Gasteiger partial charge in [0.05, 0.1) is 12.1 Å². The normalized spacial score (nSPS) is 25.5. The van der Waals surface area contributed by atoms with Crippen molar-refractivity contribution in [1.82, 2.24) is 0 Å². The summed E-state index contributed by atoms with van der Waals surface area (Å²) in [6.07, 6.45) is 2.96. The van der Waals surface area contributed by atoms with Gasteiger partial charge in [-0.2, -0.15) is 0 Å². The van der Waals surface area contributed by atoms with Crippen LogP contribution in [0.25, 0.3) is 0 Å². The molecule has 0 amide bonds. The number of nitrogens with one attached hydrogen (secondary N) is 1. The van der Waals surface area contributed by atoms with E-state index in [-0.39, 0.29) is 12.1 Å².